The Kier molecular flexibility index (Phi) is 4.23. The van der Waals surface area contributed by atoms with Gasteiger partial charge < -0.3 is 10.4 Å². The zero-order valence-corrected chi connectivity index (χ0v) is 12.9. The summed E-state index contributed by atoms with van der Waals surface area (Å²) in [6, 6.07) is 3.08. The van der Waals surface area contributed by atoms with Gasteiger partial charge in [-0.2, -0.15) is 0 Å². The molecule has 1 aliphatic carbocycles. The second-order valence-electron chi connectivity index (χ2n) is 5.48. The van der Waals surface area contributed by atoms with Crippen molar-refractivity contribution in [3.05, 3.63) is 29.6 Å². The molecule has 1 aromatic carbocycles. The molecule has 0 aliphatic heterocycles. The van der Waals surface area contributed by atoms with Gasteiger partial charge in [0.25, 0.3) is 0 Å². The Bertz CT molecular complexity index is 731. The molecule has 0 radical (unpaired) electrons. The van der Waals surface area contributed by atoms with Crippen LogP contribution in [0, 0.1) is 17.7 Å². The van der Waals surface area contributed by atoms with Crippen LogP contribution >= 0.6 is 0 Å². The number of carboxylic acid groups (broad SMARTS) is 1. The molecule has 2 rings (SSSR count). The van der Waals surface area contributed by atoms with Crippen LogP contribution in [0.3, 0.4) is 0 Å². The number of hydrogen-bond acceptors (Lipinski definition) is 4. The summed E-state index contributed by atoms with van der Waals surface area (Å²) in [6.07, 6.45) is 1.21. The lowest BCUT2D eigenvalue weighted by Gasteiger charge is -2.15. The Labute approximate surface area is 127 Å². The van der Waals surface area contributed by atoms with Gasteiger partial charge in [0, 0.05) is 6.26 Å². The highest BCUT2D eigenvalue weighted by atomic mass is 32.2. The molecule has 0 saturated heterocycles. The Morgan fingerprint density at radius 2 is 2.00 bits per heavy atom. The molecule has 120 valence electrons. The van der Waals surface area contributed by atoms with E-state index in [0.717, 1.165) is 18.4 Å². The Morgan fingerprint density at radius 1 is 1.36 bits per heavy atom. The van der Waals surface area contributed by atoms with E-state index in [2.05, 4.69) is 5.32 Å². The lowest BCUT2D eigenvalue weighted by Crippen LogP contribution is -2.29. The van der Waals surface area contributed by atoms with Crippen LogP contribution in [0.25, 0.3) is 0 Å². The van der Waals surface area contributed by atoms with E-state index in [4.69, 9.17) is 5.11 Å². The summed E-state index contributed by atoms with van der Waals surface area (Å²) in [5.74, 6) is -3.49. The molecule has 0 bridgehead atoms. The summed E-state index contributed by atoms with van der Waals surface area (Å²) < 4.78 is 36.5. The monoisotopic (exact) mass is 329 g/mol. The van der Waals surface area contributed by atoms with Crippen molar-refractivity contribution in [2.24, 2.45) is 11.8 Å². The van der Waals surface area contributed by atoms with Crippen LogP contribution in [0.5, 0.6) is 0 Å². The normalized spacial score (nSPS) is 22.0. The zero-order valence-electron chi connectivity index (χ0n) is 12.0. The first-order chi connectivity index (χ1) is 10.1. The van der Waals surface area contributed by atoms with Crippen LogP contribution in [-0.4, -0.2) is 31.7 Å². The van der Waals surface area contributed by atoms with Gasteiger partial charge >= 0.3 is 5.97 Å². The van der Waals surface area contributed by atoms with E-state index in [0.29, 0.717) is 12.0 Å². The van der Waals surface area contributed by atoms with Gasteiger partial charge in [-0.25, -0.2) is 12.8 Å². The molecule has 2 N–H and O–H groups in total. The highest BCUT2D eigenvalue weighted by Crippen LogP contribution is 2.39. The first-order valence-corrected chi connectivity index (χ1v) is 8.53. The lowest BCUT2D eigenvalue weighted by molar-refractivity contribution is -0.140. The predicted octanol–water partition coefficient (Wildman–Crippen LogP) is 1.13. The Hall–Kier alpha value is -1.96. The number of sulfone groups is 1. The highest BCUT2D eigenvalue weighted by Gasteiger charge is 2.48. The van der Waals surface area contributed by atoms with Gasteiger partial charge in [0.05, 0.1) is 17.9 Å². The minimum absolute atomic E-state index is 0.301. The molecule has 1 fully saturated rings. The van der Waals surface area contributed by atoms with Crippen molar-refractivity contribution >= 4 is 21.7 Å². The number of aliphatic carboxylic acids is 1. The van der Waals surface area contributed by atoms with Gasteiger partial charge in [-0.3, -0.25) is 9.59 Å². The molecule has 8 heteroatoms. The molecule has 22 heavy (non-hydrogen) atoms. The second-order valence-corrected chi connectivity index (χ2v) is 7.46. The van der Waals surface area contributed by atoms with Gasteiger partial charge in [0.15, 0.2) is 9.84 Å². The molecule has 0 spiro atoms. The van der Waals surface area contributed by atoms with Gasteiger partial charge in [0.2, 0.25) is 5.91 Å². The molecular formula is C14H16FNO5S. The molecule has 0 heterocycles. The third-order valence-corrected chi connectivity index (χ3v) is 4.79. The van der Waals surface area contributed by atoms with E-state index in [1.165, 1.54) is 6.07 Å². The van der Waals surface area contributed by atoms with Crippen molar-refractivity contribution in [3.63, 3.8) is 0 Å². The van der Waals surface area contributed by atoms with Gasteiger partial charge in [-0.1, -0.05) is 6.07 Å². The van der Waals surface area contributed by atoms with Crippen LogP contribution in [0.15, 0.2) is 23.1 Å². The first-order valence-electron chi connectivity index (χ1n) is 6.64. The number of benzene rings is 1. The Balaban J connectivity index is 2.08. The van der Waals surface area contributed by atoms with Gasteiger partial charge in [0.1, 0.15) is 10.7 Å². The van der Waals surface area contributed by atoms with Crippen molar-refractivity contribution in [1.82, 2.24) is 5.32 Å². The molecule has 1 aliphatic rings. The molecule has 3 unspecified atom stereocenters. The Morgan fingerprint density at radius 3 is 2.45 bits per heavy atom. The standard InChI is InChI=1S/C14H16FNO5S/c1-7(16-13(17)9-6-10(9)14(18)19)8-3-4-12(11(15)5-8)22(2,20)21/h3-5,7,9-10H,6H2,1-2H3,(H,16,17)(H,18,19). The van der Waals surface area contributed by atoms with Crippen LogP contribution in [0.4, 0.5) is 4.39 Å². The maximum Gasteiger partial charge on any atom is 0.307 e. The van der Waals surface area contributed by atoms with Crippen molar-refractivity contribution in [1.29, 1.82) is 0 Å². The predicted molar refractivity (Wildman–Crippen MR) is 75.3 cm³/mol. The summed E-state index contributed by atoms with van der Waals surface area (Å²) in [6.45, 7) is 1.62. The third-order valence-electron chi connectivity index (χ3n) is 3.66. The SMILES string of the molecule is CC(NC(=O)C1CC1C(=O)O)c1ccc(S(C)(=O)=O)c(F)c1. The molecule has 1 saturated carbocycles. The van der Waals surface area contributed by atoms with E-state index in [1.54, 1.807) is 6.92 Å². The van der Waals surface area contributed by atoms with E-state index in [-0.39, 0.29) is 0 Å². The topological polar surface area (TPSA) is 101 Å². The molecule has 1 amide bonds. The largest absolute Gasteiger partial charge is 0.481 e. The quantitative estimate of drug-likeness (QED) is 0.843. The van der Waals surface area contributed by atoms with Crippen LogP contribution < -0.4 is 5.32 Å². The highest BCUT2D eigenvalue weighted by molar-refractivity contribution is 7.90. The van der Waals surface area contributed by atoms with Crippen LogP contribution in [0.2, 0.25) is 0 Å². The number of carbonyl (C=O) groups excluding carboxylic acids is 1. The number of amides is 1. The summed E-state index contributed by atoms with van der Waals surface area (Å²) in [5, 5.41) is 11.4. The van der Waals surface area contributed by atoms with E-state index >= 15 is 0 Å². The van der Waals surface area contributed by atoms with Gasteiger partial charge in [-0.15, -0.1) is 0 Å². The number of halogens is 1. The smallest absolute Gasteiger partial charge is 0.307 e. The average Bonchev–Trinajstić information content (AvgIpc) is 3.17. The summed E-state index contributed by atoms with van der Waals surface area (Å²) >= 11 is 0. The fraction of sp³-hybridized carbons (Fsp3) is 0.429. The van der Waals surface area contributed by atoms with Crippen LogP contribution in [-0.2, 0) is 19.4 Å². The molecule has 3 atom stereocenters. The van der Waals surface area contributed by atoms with Crippen LogP contribution in [0.1, 0.15) is 24.9 Å². The van der Waals surface area contributed by atoms with E-state index in [9.17, 15) is 22.4 Å². The molecule has 0 aromatic heterocycles. The van der Waals surface area contributed by atoms with Crippen molar-refractivity contribution in [3.8, 4) is 0 Å². The third kappa shape index (κ3) is 3.44. The van der Waals surface area contributed by atoms with E-state index in [1.807, 2.05) is 0 Å². The second kappa shape index (κ2) is 5.68. The number of hydrogen-bond donors (Lipinski definition) is 2. The average molecular weight is 329 g/mol. The maximum atomic E-state index is 13.8. The molecular weight excluding hydrogens is 313 g/mol. The first kappa shape index (κ1) is 16.4. The minimum atomic E-state index is -3.65. The zero-order chi connectivity index (χ0) is 16.7. The molecule has 6 nitrogen and oxygen atoms in total. The fourth-order valence-corrected chi connectivity index (χ4v) is 2.98. The maximum absolute atomic E-state index is 13.8. The minimum Gasteiger partial charge on any atom is -0.481 e. The number of carbonyl (C=O) groups is 2. The fourth-order valence-electron chi connectivity index (χ4n) is 2.25. The number of carboxylic acids is 1. The number of rotatable bonds is 5. The van der Waals surface area contributed by atoms with E-state index < -0.39 is 50.3 Å². The van der Waals surface area contributed by atoms with Crippen molar-refractivity contribution in [2.45, 2.75) is 24.3 Å². The lowest BCUT2D eigenvalue weighted by atomic mass is 10.1. The van der Waals surface area contributed by atoms with Crippen molar-refractivity contribution < 1.29 is 27.5 Å². The van der Waals surface area contributed by atoms with Gasteiger partial charge in [-0.05, 0) is 31.0 Å². The summed E-state index contributed by atoms with van der Waals surface area (Å²) in [5.41, 5.74) is 0.408. The summed E-state index contributed by atoms with van der Waals surface area (Å²) in [4.78, 5) is 22.2. The molecule has 1 aromatic rings. The van der Waals surface area contributed by atoms with Crippen molar-refractivity contribution in [2.75, 3.05) is 6.26 Å². The number of nitrogens with one attached hydrogen (secondary N) is 1. The summed E-state index contributed by atoms with van der Waals surface area (Å²) in [7, 11) is -3.65.